The summed E-state index contributed by atoms with van der Waals surface area (Å²) in [6.07, 6.45) is 0. The van der Waals surface area contributed by atoms with E-state index in [0.717, 1.165) is 0 Å². The molecule has 0 unspecified atom stereocenters. The van der Waals surface area contributed by atoms with Crippen LogP contribution in [0.25, 0.3) is 5.76 Å². The fourth-order valence-corrected chi connectivity index (χ4v) is 1.20. The van der Waals surface area contributed by atoms with E-state index in [1.807, 2.05) is 0 Å². The zero-order valence-electron chi connectivity index (χ0n) is 8.07. The Morgan fingerprint density at radius 2 is 1.93 bits per heavy atom. The molecule has 0 amide bonds. The number of rotatable bonds is 3. The van der Waals surface area contributed by atoms with Crippen molar-refractivity contribution >= 4 is 5.76 Å². The standard InChI is InChI=1S/C10H12O4/c1-6(11)9-7(12)4-5-8(13-2)10(9)14-3/h4-5,11-12H,1H2,2-3H3. The van der Waals surface area contributed by atoms with Gasteiger partial charge >= 0.3 is 0 Å². The summed E-state index contributed by atoms with van der Waals surface area (Å²) >= 11 is 0. The van der Waals surface area contributed by atoms with Crippen LogP contribution in [0, 0.1) is 0 Å². The number of aromatic hydroxyl groups is 1. The SMILES string of the molecule is C=C(O)c1c(O)ccc(OC)c1OC. The van der Waals surface area contributed by atoms with Gasteiger partial charge in [-0.3, -0.25) is 0 Å². The van der Waals surface area contributed by atoms with E-state index in [9.17, 15) is 10.2 Å². The Labute approximate surface area is 82.0 Å². The maximum atomic E-state index is 9.46. The number of hydrogen-bond donors (Lipinski definition) is 2. The number of phenolic OH excluding ortho intramolecular Hbond substituents is 1. The second-order valence-electron chi connectivity index (χ2n) is 2.64. The van der Waals surface area contributed by atoms with Crippen LogP contribution in [0.4, 0.5) is 0 Å². The molecule has 0 aromatic heterocycles. The number of aliphatic hydroxyl groups excluding tert-OH is 1. The van der Waals surface area contributed by atoms with Crippen molar-refractivity contribution in [3.05, 3.63) is 24.3 Å². The Kier molecular flexibility index (Phi) is 2.86. The molecule has 0 heterocycles. The number of aliphatic hydroxyl groups is 1. The lowest BCUT2D eigenvalue weighted by atomic mass is 10.1. The first-order valence-corrected chi connectivity index (χ1v) is 3.94. The molecule has 0 radical (unpaired) electrons. The molecule has 1 aromatic carbocycles. The molecular weight excluding hydrogens is 184 g/mol. The largest absolute Gasteiger partial charge is 0.508 e. The predicted molar refractivity (Wildman–Crippen MR) is 52.9 cm³/mol. The van der Waals surface area contributed by atoms with E-state index in [4.69, 9.17) is 9.47 Å². The summed E-state index contributed by atoms with van der Waals surface area (Å²) in [5, 5.41) is 18.7. The van der Waals surface area contributed by atoms with E-state index in [2.05, 4.69) is 6.58 Å². The number of methoxy groups -OCH3 is 2. The number of phenols is 1. The van der Waals surface area contributed by atoms with Crippen LogP contribution in [-0.4, -0.2) is 24.4 Å². The lowest BCUT2D eigenvalue weighted by Gasteiger charge is -2.12. The average Bonchev–Trinajstić information content (AvgIpc) is 2.16. The fraction of sp³-hybridized carbons (Fsp3) is 0.200. The summed E-state index contributed by atoms with van der Waals surface area (Å²) in [5.74, 6) is 0.323. The van der Waals surface area contributed by atoms with Crippen molar-refractivity contribution in [2.24, 2.45) is 0 Å². The topological polar surface area (TPSA) is 58.9 Å². The van der Waals surface area contributed by atoms with Crippen molar-refractivity contribution in [2.45, 2.75) is 0 Å². The van der Waals surface area contributed by atoms with Crippen molar-refractivity contribution in [1.82, 2.24) is 0 Å². The van der Waals surface area contributed by atoms with Gasteiger partial charge in [0.25, 0.3) is 0 Å². The second-order valence-corrected chi connectivity index (χ2v) is 2.64. The summed E-state index contributed by atoms with van der Waals surface area (Å²) in [6.45, 7) is 3.33. The minimum atomic E-state index is -0.266. The van der Waals surface area contributed by atoms with Gasteiger partial charge in [0, 0.05) is 0 Å². The first-order valence-electron chi connectivity index (χ1n) is 3.94. The molecule has 0 aliphatic heterocycles. The van der Waals surface area contributed by atoms with Crippen molar-refractivity contribution in [3.63, 3.8) is 0 Å². The molecule has 0 aliphatic rings. The Balaban J connectivity index is 3.42. The molecule has 0 saturated heterocycles. The minimum absolute atomic E-state index is 0.102. The molecule has 1 aromatic rings. The molecule has 0 spiro atoms. The highest BCUT2D eigenvalue weighted by Gasteiger charge is 2.16. The molecule has 14 heavy (non-hydrogen) atoms. The predicted octanol–water partition coefficient (Wildman–Crippen LogP) is 1.94. The third-order valence-electron chi connectivity index (χ3n) is 1.81. The van der Waals surface area contributed by atoms with E-state index in [-0.39, 0.29) is 22.8 Å². The number of hydrogen-bond acceptors (Lipinski definition) is 4. The van der Waals surface area contributed by atoms with Gasteiger partial charge in [0.05, 0.1) is 14.2 Å². The van der Waals surface area contributed by atoms with Crippen LogP contribution < -0.4 is 9.47 Å². The third-order valence-corrected chi connectivity index (χ3v) is 1.81. The zero-order chi connectivity index (χ0) is 10.7. The highest BCUT2D eigenvalue weighted by Crippen LogP contribution is 2.39. The smallest absolute Gasteiger partial charge is 0.175 e. The lowest BCUT2D eigenvalue weighted by molar-refractivity contribution is 0.347. The van der Waals surface area contributed by atoms with Crippen molar-refractivity contribution in [2.75, 3.05) is 14.2 Å². The van der Waals surface area contributed by atoms with E-state index in [1.54, 1.807) is 6.07 Å². The summed E-state index contributed by atoms with van der Waals surface area (Å²) in [7, 11) is 2.89. The van der Waals surface area contributed by atoms with Crippen LogP contribution >= 0.6 is 0 Å². The zero-order valence-corrected chi connectivity index (χ0v) is 8.07. The molecular formula is C10H12O4. The summed E-state index contributed by atoms with van der Waals surface area (Å²) in [6, 6.07) is 2.94. The van der Waals surface area contributed by atoms with Gasteiger partial charge in [-0.05, 0) is 12.1 Å². The molecule has 0 bridgehead atoms. The molecule has 0 aliphatic carbocycles. The van der Waals surface area contributed by atoms with Gasteiger partial charge in [0.15, 0.2) is 11.5 Å². The summed E-state index contributed by atoms with van der Waals surface area (Å²) < 4.78 is 10.00. The maximum absolute atomic E-state index is 9.46. The van der Waals surface area contributed by atoms with Crippen LogP contribution in [0.2, 0.25) is 0 Å². The molecule has 76 valence electrons. The summed E-state index contributed by atoms with van der Waals surface area (Å²) in [4.78, 5) is 0. The normalized spacial score (nSPS) is 9.57. The molecule has 2 N–H and O–H groups in total. The van der Waals surface area contributed by atoms with Crippen LogP contribution in [-0.2, 0) is 0 Å². The van der Waals surface area contributed by atoms with Crippen LogP contribution in [0.1, 0.15) is 5.56 Å². The van der Waals surface area contributed by atoms with E-state index in [0.29, 0.717) is 5.75 Å². The van der Waals surface area contributed by atoms with Crippen molar-refractivity contribution in [3.8, 4) is 17.2 Å². The third kappa shape index (κ3) is 1.59. The molecule has 4 nitrogen and oxygen atoms in total. The molecule has 0 fully saturated rings. The van der Waals surface area contributed by atoms with E-state index < -0.39 is 0 Å². The second kappa shape index (κ2) is 3.91. The first kappa shape index (κ1) is 10.2. The molecule has 1 rings (SSSR count). The molecule has 0 saturated carbocycles. The van der Waals surface area contributed by atoms with Crippen molar-refractivity contribution in [1.29, 1.82) is 0 Å². The quantitative estimate of drug-likeness (QED) is 0.725. The monoisotopic (exact) mass is 196 g/mol. The van der Waals surface area contributed by atoms with Crippen LogP contribution in [0.3, 0.4) is 0 Å². The van der Waals surface area contributed by atoms with Gasteiger partial charge in [0.2, 0.25) is 0 Å². The fourth-order valence-electron chi connectivity index (χ4n) is 1.20. The van der Waals surface area contributed by atoms with Gasteiger partial charge < -0.3 is 19.7 Å². The van der Waals surface area contributed by atoms with Gasteiger partial charge in [0.1, 0.15) is 17.1 Å². The Hall–Kier alpha value is -1.84. The van der Waals surface area contributed by atoms with E-state index in [1.165, 1.54) is 20.3 Å². The number of benzene rings is 1. The Morgan fingerprint density at radius 3 is 2.36 bits per heavy atom. The van der Waals surface area contributed by atoms with Gasteiger partial charge in [-0.25, -0.2) is 0 Å². The van der Waals surface area contributed by atoms with Crippen LogP contribution in [0.15, 0.2) is 18.7 Å². The van der Waals surface area contributed by atoms with E-state index >= 15 is 0 Å². The number of ether oxygens (including phenoxy) is 2. The molecule has 0 atom stereocenters. The average molecular weight is 196 g/mol. The van der Waals surface area contributed by atoms with Gasteiger partial charge in [-0.1, -0.05) is 6.58 Å². The lowest BCUT2D eigenvalue weighted by Crippen LogP contribution is -1.95. The summed E-state index contributed by atoms with van der Waals surface area (Å²) in [5.41, 5.74) is 0.145. The van der Waals surface area contributed by atoms with Crippen molar-refractivity contribution < 1.29 is 19.7 Å². The Morgan fingerprint density at radius 1 is 1.29 bits per heavy atom. The highest BCUT2D eigenvalue weighted by molar-refractivity contribution is 5.72. The van der Waals surface area contributed by atoms with Gasteiger partial charge in [-0.15, -0.1) is 0 Å². The van der Waals surface area contributed by atoms with Gasteiger partial charge in [-0.2, -0.15) is 0 Å². The maximum Gasteiger partial charge on any atom is 0.175 e. The highest BCUT2D eigenvalue weighted by atomic mass is 16.5. The molecule has 4 heteroatoms. The Bertz CT molecular complexity index is 357. The minimum Gasteiger partial charge on any atom is -0.508 e. The first-order chi connectivity index (χ1) is 6.61. The van der Waals surface area contributed by atoms with Crippen LogP contribution in [0.5, 0.6) is 17.2 Å².